The Morgan fingerprint density at radius 2 is 1.26 bits per heavy atom. The van der Waals surface area contributed by atoms with E-state index in [9.17, 15) is 16.8 Å². The lowest BCUT2D eigenvalue weighted by molar-refractivity contribution is 0.00499. The van der Waals surface area contributed by atoms with Gasteiger partial charge in [-0.2, -0.15) is 9.78 Å². The fourth-order valence-corrected chi connectivity index (χ4v) is 4.68. The molecule has 17 nitrogen and oxygen atoms in total. The molecule has 0 unspecified atom stereocenters. The molecular weight excluding hydrogens is 608 g/mol. The molecule has 0 aliphatic heterocycles. The van der Waals surface area contributed by atoms with Crippen LogP contribution in [0, 0.1) is 0 Å². The van der Waals surface area contributed by atoms with E-state index >= 15 is 0 Å². The molecule has 0 bridgehead atoms. The predicted octanol–water partition coefficient (Wildman–Crippen LogP) is -0.472. The Hall–Kier alpha value is -3.88. The van der Waals surface area contributed by atoms with Crippen LogP contribution < -0.4 is 26.2 Å². The van der Waals surface area contributed by atoms with Crippen molar-refractivity contribution in [3.05, 3.63) is 48.5 Å². The van der Waals surface area contributed by atoms with Crippen molar-refractivity contribution in [3.63, 3.8) is 0 Å². The molecule has 0 radical (unpaired) electrons. The maximum absolute atomic E-state index is 11.8. The van der Waals surface area contributed by atoms with Gasteiger partial charge in [-0.25, -0.2) is 22.7 Å². The summed E-state index contributed by atoms with van der Waals surface area (Å²) in [7, 11) is -7.26. The van der Waals surface area contributed by atoms with Gasteiger partial charge < -0.3 is 29.5 Å². The van der Waals surface area contributed by atoms with Gasteiger partial charge in [-0.15, -0.1) is 0 Å². The lowest BCUT2D eigenvalue weighted by Crippen LogP contribution is -2.42. The zero-order valence-corrected chi connectivity index (χ0v) is 25.2. The Bertz CT molecular complexity index is 1530. The zero-order chi connectivity index (χ0) is 31.3. The maximum Gasteiger partial charge on any atom is 0.272 e. The molecule has 43 heavy (non-hydrogen) atoms. The highest BCUT2D eigenvalue weighted by Gasteiger charge is 2.21. The van der Waals surface area contributed by atoms with Gasteiger partial charge >= 0.3 is 0 Å². The van der Waals surface area contributed by atoms with E-state index in [2.05, 4.69) is 20.6 Å². The average Bonchev–Trinajstić information content (AvgIpc) is 3.47. The summed E-state index contributed by atoms with van der Waals surface area (Å²) in [5, 5.41) is 14.1. The number of tetrazole rings is 1. The van der Waals surface area contributed by atoms with Crippen molar-refractivity contribution in [2.24, 2.45) is 16.8 Å². The first-order valence-electron chi connectivity index (χ1n) is 12.7. The van der Waals surface area contributed by atoms with Gasteiger partial charge in [0.25, 0.3) is 10.3 Å². The third-order valence-corrected chi connectivity index (χ3v) is 7.24. The summed E-state index contributed by atoms with van der Waals surface area (Å²) in [5.74, 6) is 12.1. The fraction of sp³-hybridized carbons (Fsp3) is 0.417. The van der Waals surface area contributed by atoms with Crippen molar-refractivity contribution in [2.75, 3.05) is 70.4 Å². The van der Waals surface area contributed by atoms with Gasteiger partial charge in [0, 0.05) is 12.5 Å². The Kier molecular flexibility index (Phi) is 12.6. The van der Waals surface area contributed by atoms with E-state index in [1.165, 1.54) is 0 Å². The number of nitrogens with two attached hydrogens (primary N) is 2. The van der Waals surface area contributed by atoms with Crippen LogP contribution in [0.4, 0.5) is 5.69 Å². The van der Waals surface area contributed by atoms with E-state index in [1.807, 2.05) is 0 Å². The van der Waals surface area contributed by atoms with Crippen molar-refractivity contribution < 1.29 is 40.5 Å². The molecule has 0 atom stereocenters. The largest absolute Gasteiger partial charge is 0.491 e. The number of sulfone groups is 2. The highest BCUT2D eigenvalue weighted by Crippen LogP contribution is 2.19. The number of rotatable bonds is 17. The molecule has 0 saturated carbocycles. The van der Waals surface area contributed by atoms with E-state index in [1.54, 1.807) is 48.5 Å². The van der Waals surface area contributed by atoms with Crippen LogP contribution in [0.25, 0.3) is 5.69 Å². The van der Waals surface area contributed by atoms with E-state index in [0.29, 0.717) is 75.7 Å². The van der Waals surface area contributed by atoms with Crippen molar-refractivity contribution in [1.29, 1.82) is 0 Å². The fourth-order valence-electron chi connectivity index (χ4n) is 3.38. The molecule has 3 rings (SSSR count). The molecule has 0 fully saturated rings. The number of hydrazone groups is 1. The van der Waals surface area contributed by atoms with Crippen molar-refractivity contribution in [2.45, 2.75) is 5.16 Å². The van der Waals surface area contributed by atoms with Crippen LogP contribution in [-0.2, 0) is 33.9 Å². The number of nitrogens with zero attached hydrogens (tertiary/aromatic N) is 6. The first-order valence-corrected chi connectivity index (χ1v) is 16.5. The highest BCUT2D eigenvalue weighted by atomic mass is 32.2. The lowest BCUT2D eigenvalue weighted by atomic mass is 10.3. The standard InChI is InChI=1S/C24H34N8O9S2/c1-42(33,34)23(27-25)31(26)19-3-7-21(8-4-19)40-17-15-38-13-11-37-12-14-39-16-18-41-22-9-5-20(6-10-22)32-24(28-29-30-32)43(2,35)36/h3-10H,11-18,25-26H2,1-2H3/b27-23+. The SMILES string of the molecule is CS(=O)(=O)/C(=N/N)N(N)c1ccc(OCCOCCOCCOCCOc2ccc(-n3nnnc3S(C)(=O)=O)cc2)cc1. The van der Waals surface area contributed by atoms with Gasteiger partial charge in [0.2, 0.25) is 19.7 Å². The molecule has 1 heterocycles. The van der Waals surface area contributed by atoms with Gasteiger partial charge in [-0.05, 0) is 59.0 Å². The number of hydrogen-bond acceptors (Lipinski definition) is 15. The number of amidine groups is 1. The van der Waals surface area contributed by atoms with Crippen LogP contribution in [0.1, 0.15) is 0 Å². The second kappa shape index (κ2) is 16.1. The highest BCUT2D eigenvalue weighted by molar-refractivity contribution is 8.06. The van der Waals surface area contributed by atoms with Gasteiger partial charge in [0.1, 0.15) is 24.7 Å². The second-order valence-electron chi connectivity index (χ2n) is 8.72. The van der Waals surface area contributed by atoms with Crippen LogP contribution in [0.15, 0.2) is 58.8 Å². The normalized spacial score (nSPS) is 12.3. The summed E-state index contributed by atoms with van der Waals surface area (Å²) in [6.45, 7) is 2.87. The number of hydrazine groups is 1. The summed E-state index contributed by atoms with van der Waals surface area (Å²) in [6, 6.07) is 13.1. The van der Waals surface area contributed by atoms with Gasteiger partial charge in [-0.1, -0.05) is 5.10 Å². The number of anilines is 1. The topological polar surface area (TPSA) is 226 Å². The molecule has 236 valence electrons. The molecule has 4 N–H and O–H groups in total. The first-order chi connectivity index (χ1) is 20.5. The second-order valence-corrected chi connectivity index (χ2v) is 12.5. The summed E-state index contributed by atoms with van der Waals surface area (Å²) in [6.07, 6.45) is 1.99. The van der Waals surface area contributed by atoms with Crippen LogP contribution in [0.5, 0.6) is 11.5 Å². The molecule has 0 amide bonds. The number of hydrogen-bond donors (Lipinski definition) is 2. The van der Waals surface area contributed by atoms with E-state index in [0.717, 1.165) is 22.2 Å². The van der Waals surface area contributed by atoms with E-state index in [-0.39, 0.29) is 5.16 Å². The zero-order valence-electron chi connectivity index (χ0n) is 23.6. The minimum Gasteiger partial charge on any atom is -0.491 e. The Morgan fingerprint density at radius 1 is 0.791 bits per heavy atom. The third kappa shape index (κ3) is 10.7. The molecule has 0 spiro atoms. The maximum atomic E-state index is 11.8. The molecular formula is C24H34N8O9S2. The Labute approximate surface area is 249 Å². The van der Waals surface area contributed by atoms with E-state index < -0.39 is 24.8 Å². The minimum absolute atomic E-state index is 0.245. The Balaban J connectivity index is 1.19. The monoisotopic (exact) mass is 642 g/mol. The predicted molar refractivity (Wildman–Crippen MR) is 155 cm³/mol. The average molecular weight is 643 g/mol. The van der Waals surface area contributed by atoms with Crippen LogP contribution in [-0.4, -0.2) is 108 Å². The van der Waals surface area contributed by atoms with Crippen LogP contribution in [0.2, 0.25) is 0 Å². The summed E-state index contributed by atoms with van der Waals surface area (Å²) in [5.41, 5.74) is 0.855. The van der Waals surface area contributed by atoms with Crippen molar-refractivity contribution in [1.82, 2.24) is 20.2 Å². The molecule has 3 aromatic rings. The molecule has 0 aliphatic rings. The van der Waals surface area contributed by atoms with E-state index in [4.69, 9.17) is 35.4 Å². The van der Waals surface area contributed by atoms with Crippen LogP contribution >= 0.6 is 0 Å². The molecule has 0 aliphatic carbocycles. The van der Waals surface area contributed by atoms with Crippen molar-refractivity contribution in [3.8, 4) is 17.2 Å². The van der Waals surface area contributed by atoms with Crippen molar-refractivity contribution >= 4 is 30.5 Å². The lowest BCUT2D eigenvalue weighted by Gasteiger charge is -2.18. The summed E-state index contributed by atoms with van der Waals surface area (Å²) >= 11 is 0. The quantitative estimate of drug-likeness (QED) is 0.0624. The molecule has 1 aromatic heterocycles. The molecule has 19 heteroatoms. The van der Waals surface area contributed by atoms with Crippen LogP contribution in [0.3, 0.4) is 0 Å². The first kappa shape index (κ1) is 33.6. The van der Waals surface area contributed by atoms with Gasteiger partial charge in [0.15, 0.2) is 0 Å². The van der Waals surface area contributed by atoms with Gasteiger partial charge in [-0.3, -0.25) is 5.01 Å². The minimum atomic E-state index is -3.69. The smallest absolute Gasteiger partial charge is 0.272 e. The molecule has 0 saturated heterocycles. The number of ether oxygens (including phenoxy) is 5. The number of aromatic nitrogens is 4. The third-order valence-electron chi connectivity index (χ3n) is 5.35. The molecule has 2 aromatic carbocycles. The number of benzene rings is 2. The Morgan fingerprint density at radius 3 is 1.70 bits per heavy atom. The van der Waals surface area contributed by atoms with Gasteiger partial charge in [0.05, 0.1) is 51.0 Å². The summed E-state index contributed by atoms with van der Waals surface area (Å²) in [4.78, 5) is 0. The summed E-state index contributed by atoms with van der Waals surface area (Å²) < 4.78 is 75.6.